The van der Waals surface area contributed by atoms with Crippen LogP contribution in [0.2, 0.25) is 0 Å². The number of nitrogens with zero attached hydrogens (tertiary/aromatic N) is 3. The third kappa shape index (κ3) is 2.05. The van der Waals surface area contributed by atoms with E-state index >= 15 is 0 Å². The van der Waals surface area contributed by atoms with Crippen molar-refractivity contribution in [3.8, 4) is 0 Å². The van der Waals surface area contributed by atoms with Gasteiger partial charge in [-0.05, 0) is 36.4 Å². The maximum atomic E-state index is 5.26. The lowest BCUT2D eigenvalue weighted by atomic mass is 10.2. The lowest BCUT2D eigenvalue weighted by Crippen LogP contribution is -2.00. The Bertz CT molecular complexity index is 754. The van der Waals surface area contributed by atoms with Crippen molar-refractivity contribution in [1.82, 2.24) is 14.7 Å². The van der Waals surface area contributed by atoms with Crippen molar-refractivity contribution < 1.29 is 4.52 Å². The van der Waals surface area contributed by atoms with Crippen molar-refractivity contribution in [3.63, 3.8) is 0 Å². The van der Waals surface area contributed by atoms with Gasteiger partial charge in [0.05, 0.1) is 6.54 Å². The van der Waals surface area contributed by atoms with E-state index < -0.39 is 0 Å². The summed E-state index contributed by atoms with van der Waals surface area (Å²) in [6.45, 7) is 0.565. The smallest absolute Gasteiger partial charge is 0.245 e. The molecule has 3 aromatic rings. The molecule has 1 aliphatic carbocycles. The number of aromatic nitrogens is 3. The van der Waals surface area contributed by atoms with Gasteiger partial charge in [-0.3, -0.25) is 0 Å². The first-order chi connectivity index (χ1) is 9.79. The second kappa shape index (κ2) is 4.37. The number of hydrogen-bond acceptors (Lipinski definition) is 4. The number of benzene rings is 1. The summed E-state index contributed by atoms with van der Waals surface area (Å²) in [5.41, 5.74) is 2.27. The Kier molecular flexibility index (Phi) is 2.52. The number of rotatable bonds is 4. The van der Waals surface area contributed by atoms with Crippen molar-refractivity contribution in [2.75, 3.05) is 5.32 Å². The molecule has 0 saturated heterocycles. The van der Waals surface area contributed by atoms with Gasteiger partial charge in [0.15, 0.2) is 5.82 Å². The summed E-state index contributed by atoms with van der Waals surface area (Å²) in [6.07, 6.45) is 4.45. The zero-order chi connectivity index (χ0) is 13.5. The van der Waals surface area contributed by atoms with Crippen LogP contribution in [0.4, 0.5) is 5.69 Å². The standard InChI is InChI=1S/C15H16N4O/c1-19-7-6-10-4-5-12(8-13(10)19)16-9-14-17-15(18-20-14)11-2-3-11/h4-8,11,16H,2-3,9H2,1H3. The first-order valence-corrected chi connectivity index (χ1v) is 6.91. The largest absolute Gasteiger partial charge is 0.376 e. The fourth-order valence-electron chi connectivity index (χ4n) is 2.40. The van der Waals surface area contributed by atoms with Crippen molar-refractivity contribution in [3.05, 3.63) is 42.2 Å². The highest BCUT2D eigenvalue weighted by Crippen LogP contribution is 2.38. The number of fused-ring (bicyclic) bond motifs is 1. The topological polar surface area (TPSA) is 55.9 Å². The Morgan fingerprint density at radius 2 is 2.25 bits per heavy atom. The van der Waals surface area contributed by atoms with Crippen molar-refractivity contribution >= 4 is 16.6 Å². The van der Waals surface area contributed by atoms with Crippen LogP contribution in [0, 0.1) is 0 Å². The SMILES string of the molecule is Cn1ccc2ccc(NCc3nc(C4CC4)no3)cc21. The molecule has 1 N–H and O–H groups in total. The molecule has 0 amide bonds. The van der Waals surface area contributed by atoms with Gasteiger partial charge < -0.3 is 14.4 Å². The van der Waals surface area contributed by atoms with E-state index in [2.05, 4.69) is 50.5 Å². The maximum Gasteiger partial charge on any atom is 0.245 e. The van der Waals surface area contributed by atoms with E-state index in [0.717, 1.165) is 11.5 Å². The fraction of sp³-hybridized carbons (Fsp3) is 0.333. The molecule has 1 saturated carbocycles. The lowest BCUT2D eigenvalue weighted by Gasteiger charge is -2.04. The highest BCUT2D eigenvalue weighted by molar-refractivity contribution is 5.83. The van der Waals surface area contributed by atoms with Crippen LogP contribution in [0.1, 0.15) is 30.5 Å². The molecule has 1 fully saturated rings. The summed E-state index contributed by atoms with van der Waals surface area (Å²) in [5.74, 6) is 2.05. The molecule has 0 aliphatic heterocycles. The molecular weight excluding hydrogens is 252 g/mol. The summed E-state index contributed by atoms with van der Waals surface area (Å²) < 4.78 is 7.36. The predicted molar refractivity (Wildman–Crippen MR) is 76.5 cm³/mol. The molecule has 0 radical (unpaired) electrons. The van der Waals surface area contributed by atoms with E-state index in [9.17, 15) is 0 Å². The Labute approximate surface area is 116 Å². The molecule has 1 aliphatic rings. The Morgan fingerprint density at radius 3 is 3.10 bits per heavy atom. The second-order valence-electron chi connectivity index (χ2n) is 5.37. The average molecular weight is 268 g/mol. The van der Waals surface area contributed by atoms with Crippen molar-refractivity contribution in [2.45, 2.75) is 25.3 Å². The zero-order valence-electron chi connectivity index (χ0n) is 11.3. The summed E-state index contributed by atoms with van der Waals surface area (Å²) >= 11 is 0. The number of anilines is 1. The molecule has 0 bridgehead atoms. The molecule has 5 heteroatoms. The molecule has 2 heterocycles. The number of hydrogen-bond donors (Lipinski definition) is 1. The Balaban J connectivity index is 1.50. The van der Waals surface area contributed by atoms with Gasteiger partial charge in [-0.25, -0.2) is 0 Å². The Hall–Kier alpha value is -2.30. The number of aryl methyl sites for hydroxylation is 1. The van der Waals surface area contributed by atoms with Gasteiger partial charge in [0, 0.05) is 30.4 Å². The van der Waals surface area contributed by atoms with E-state index in [1.807, 2.05) is 7.05 Å². The van der Waals surface area contributed by atoms with E-state index in [1.165, 1.54) is 23.7 Å². The first-order valence-electron chi connectivity index (χ1n) is 6.91. The highest BCUT2D eigenvalue weighted by Gasteiger charge is 2.28. The van der Waals surface area contributed by atoms with Crippen LogP contribution in [0.5, 0.6) is 0 Å². The van der Waals surface area contributed by atoms with Crippen LogP contribution in [-0.2, 0) is 13.6 Å². The molecule has 20 heavy (non-hydrogen) atoms. The quantitative estimate of drug-likeness (QED) is 0.790. The van der Waals surface area contributed by atoms with Crippen LogP contribution in [0.25, 0.3) is 10.9 Å². The second-order valence-corrected chi connectivity index (χ2v) is 5.37. The van der Waals surface area contributed by atoms with Gasteiger partial charge in [0.2, 0.25) is 5.89 Å². The van der Waals surface area contributed by atoms with E-state index in [1.54, 1.807) is 0 Å². The molecule has 0 unspecified atom stereocenters. The highest BCUT2D eigenvalue weighted by atomic mass is 16.5. The molecule has 2 aromatic heterocycles. The molecular formula is C15H16N4O. The van der Waals surface area contributed by atoms with Gasteiger partial charge in [0.25, 0.3) is 0 Å². The summed E-state index contributed by atoms with van der Waals surface area (Å²) in [4.78, 5) is 4.41. The summed E-state index contributed by atoms with van der Waals surface area (Å²) in [5, 5.41) is 8.59. The van der Waals surface area contributed by atoms with Crippen LogP contribution in [-0.4, -0.2) is 14.7 Å². The van der Waals surface area contributed by atoms with Gasteiger partial charge in [-0.15, -0.1) is 0 Å². The van der Waals surface area contributed by atoms with E-state index in [4.69, 9.17) is 4.52 Å². The van der Waals surface area contributed by atoms with Crippen molar-refractivity contribution in [2.24, 2.45) is 7.05 Å². The van der Waals surface area contributed by atoms with Crippen LogP contribution in [0.15, 0.2) is 35.0 Å². The third-order valence-electron chi connectivity index (χ3n) is 3.76. The van der Waals surface area contributed by atoms with Crippen molar-refractivity contribution in [1.29, 1.82) is 0 Å². The van der Waals surface area contributed by atoms with Gasteiger partial charge in [-0.2, -0.15) is 4.98 Å². The minimum absolute atomic E-state index is 0.534. The maximum absolute atomic E-state index is 5.26. The number of nitrogens with one attached hydrogen (secondary N) is 1. The van der Waals surface area contributed by atoms with E-state index in [0.29, 0.717) is 18.4 Å². The Morgan fingerprint density at radius 1 is 1.35 bits per heavy atom. The van der Waals surface area contributed by atoms with Crippen LogP contribution >= 0.6 is 0 Å². The predicted octanol–water partition coefficient (Wildman–Crippen LogP) is 3.05. The van der Waals surface area contributed by atoms with Gasteiger partial charge in [-0.1, -0.05) is 11.2 Å². The monoisotopic (exact) mass is 268 g/mol. The van der Waals surface area contributed by atoms with Gasteiger partial charge in [0.1, 0.15) is 0 Å². The minimum atomic E-state index is 0.534. The van der Waals surface area contributed by atoms with Crippen LogP contribution < -0.4 is 5.32 Å². The summed E-state index contributed by atoms with van der Waals surface area (Å²) in [7, 11) is 2.05. The van der Waals surface area contributed by atoms with Gasteiger partial charge >= 0.3 is 0 Å². The minimum Gasteiger partial charge on any atom is -0.376 e. The molecule has 1 aromatic carbocycles. The normalized spacial score (nSPS) is 14.8. The zero-order valence-corrected chi connectivity index (χ0v) is 11.3. The average Bonchev–Trinajstić information content (AvgIpc) is 3.11. The lowest BCUT2D eigenvalue weighted by molar-refractivity contribution is 0.378. The molecule has 5 nitrogen and oxygen atoms in total. The van der Waals surface area contributed by atoms with E-state index in [-0.39, 0.29) is 0 Å². The molecule has 102 valence electrons. The first kappa shape index (κ1) is 11.5. The molecule has 0 atom stereocenters. The molecule has 0 spiro atoms. The summed E-state index contributed by atoms with van der Waals surface area (Å²) in [6, 6.07) is 8.42. The molecule has 4 rings (SSSR count). The fourth-order valence-corrected chi connectivity index (χ4v) is 2.40. The van der Waals surface area contributed by atoms with Crippen LogP contribution in [0.3, 0.4) is 0 Å². The third-order valence-corrected chi connectivity index (χ3v) is 3.76.